The van der Waals surface area contributed by atoms with Gasteiger partial charge >= 0.3 is 0 Å². The van der Waals surface area contributed by atoms with Gasteiger partial charge in [0.15, 0.2) is 10.2 Å². The monoisotopic (exact) mass is 513 g/mol. The van der Waals surface area contributed by atoms with E-state index in [1.165, 1.54) is 11.8 Å². The summed E-state index contributed by atoms with van der Waals surface area (Å²) in [7, 11) is 0. The molecule has 0 aliphatic carbocycles. The first-order chi connectivity index (χ1) is 16.0. The van der Waals surface area contributed by atoms with Crippen LogP contribution in [-0.2, 0) is 0 Å². The predicted molar refractivity (Wildman–Crippen MR) is 135 cm³/mol. The number of thiocarbonyl (C=S) groups is 1. The molecule has 166 valence electrons. The quantitative estimate of drug-likeness (QED) is 0.278. The van der Waals surface area contributed by atoms with Crippen LogP contribution in [0.3, 0.4) is 0 Å². The Balaban J connectivity index is 1.55. The summed E-state index contributed by atoms with van der Waals surface area (Å²) >= 11 is 19.4. The first kappa shape index (κ1) is 22.1. The Morgan fingerprint density at radius 1 is 1.00 bits per heavy atom. The first-order valence-corrected chi connectivity index (χ1v) is 12.0. The average molecular weight is 514 g/mol. The van der Waals surface area contributed by atoms with Crippen LogP contribution in [0.4, 0.5) is 5.69 Å². The van der Waals surface area contributed by atoms with Gasteiger partial charge in [-0.25, -0.2) is 0 Å². The van der Waals surface area contributed by atoms with E-state index in [1.807, 2.05) is 59.5 Å². The van der Waals surface area contributed by atoms with E-state index in [-0.39, 0.29) is 11.8 Å². The molecule has 4 aromatic rings. The molecule has 0 bridgehead atoms. The number of rotatable bonds is 5. The molecule has 0 spiro atoms. The lowest BCUT2D eigenvalue weighted by atomic mass is 10.0. The molecule has 5 rings (SSSR count). The second-order valence-corrected chi connectivity index (χ2v) is 9.68. The molecule has 0 radical (unpaired) electrons. The molecule has 2 aromatic carbocycles. The molecule has 2 N–H and O–H groups in total. The molecule has 0 saturated carbocycles. The van der Waals surface area contributed by atoms with Crippen LogP contribution in [0.25, 0.3) is 0 Å². The van der Waals surface area contributed by atoms with Crippen LogP contribution < -0.4 is 10.2 Å². The highest BCUT2D eigenvalue weighted by molar-refractivity contribution is 7.99. The van der Waals surface area contributed by atoms with Crippen molar-refractivity contribution in [1.82, 2.24) is 10.3 Å². The Morgan fingerprint density at radius 2 is 1.79 bits per heavy atom. The standard InChI is InChI=1S/C24H17Cl2N3O2S2/c25-14-4-7-16(8-5-14)33-21-11-10-20(31-21)23-22(17-3-1-2-12-27-17)28-24(32)29(23)18-13-15(26)6-9-19(18)30/h1-13,22-23,30H,(H,28,32)/t22-,23+/m1/s1. The summed E-state index contributed by atoms with van der Waals surface area (Å²) in [5, 5.41) is 16.3. The van der Waals surface area contributed by atoms with Crippen molar-refractivity contribution in [1.29, 1.82) is 0 Å². The Hall–Kier alpha value is -2.71. The van der Waals surface area contributed by atoms with E-state index >= 15 is 0 Å². The van der Waals surface area contributed by atoms with E-state index in [4.69, 9.17) is 39.8 Å². The minimum atomic E-state index is -0.392. The zero-order valence-electron chi connectivity index (χ0n) is 17.0. The van der Waals surface area contributed by atoms with Crippen LogP contribution in [0.15, 0.2) is 93.4 Å². The fourth-order valence-electron chi connectivity index (χ4n) is 3.76. The number of nitrogens with one attached hydrogen (secondary N) is 1. The number of hydrogen-bond acceptors (Lipinski definition) is 5. The van der Waals surface area contributed by atoms with Gasteiger partial charge in [-0.1, -0.05) is 41.0 Å². The maximum Gasteiger partial charge on any atom is 0.174 e. The fraction of sp³-hybridized carbons (Fsp3) is 0.0833. The van der Waals surface area contributed by atoms with Crippen LogP contribution >= 0.6 is 47.2 Å². The van der Waals surface area contributed by atoms with Crippen molar-refractivity contribution in [2.45, 2.75) is 22.1 Å². The highest BCUT2D eigenvalue weighted by atomic mass is 35.5. The van der Waals surface area contributed by atoms with E-state index in [9.17, 15) is 5.11 Å². The molecule has 3 heterocycles. The van der Waals surface area contributed by atoms with Gasteiger partial charge in [0, 0.05) is 21.1 Å². The smallest absolute Gasteiger partial charge is 0.174 e. The van der Waals surface area contributed by atoms with Crippen LogP contribution in [-0.4, -0.2) is 15.2 Å². The van der Waals surface area contributed by atoms with Crippen LogP contribution in [0.1, 0.15) is 23.5 Å². The van der Waals surface area contributed by atoms with Gasteiger partial charge in [0.1, 0.15) is 17.6 Å². The minimum absolute atomic E-state index is 0.0672. The summed E-state index contributed by atoms with van der Waals surface area (Å²) in [4.78, 5) is 7.36. The number of phenolic OH excluding ortho intramolecular Hbond substituents is 1. The van der Waals surface area contributed by atoms with Gasteiger partial charge in [0.25, 0.3) is 0 Å². The molecule has 9 heteroatoms. The molecular weight excluding hydrogens is 497 g/mol. The predicted octanol–water partition coefficient (Wildman–Crippen LogP) is 7.02. The van der Waals surface area contributed by atoms with Gasteiger partial charge in [-0.05, 0) is 78.9 Å². The molecular formula is C24H17Cl2N3O2S2. The lowest BCUT2D eigenvalue weighted by Crippen LogP contribution is -2.29. The number of pyridine rings is 1. The fourth-order valence-corrected chi connectivity index (χ4v) is 5.17. The first-order valence-electron chi connectivity index (χ1n) is 10.0. The van der Waals surface area contributed by atoms with E-state index in [0.717, 1.165) is 15.7 Å². The maximum atomic E-state index is 10.6. The molecule has 0 amide bonds. The third kappa shape index (κ3) is 4.54. The van der Waals surface area contributed by atoms with Crippen molar-refractivity contribution in [2.24, 2.45) is 0 Å². The maximum absolute atomic E-state index is 10.6. The molecule has 0 unspecified atom stereocenters. The molecule has 2 atom stereocenters. The molecule has 1 aliphatic heterocycles. The van der Waals surface area contributed by atoms with Gasteiger partial charge in [0.05, 0.1) is 17.4 Å². The lowest BCUT2D eigenvalue weighted by Gasteiger charge is -2.26. The molecule has 1 aliphatic rings. The van der Waals surface area contributed by atoms with Gasteiger partial charge in [-0.3, -0.25) is 4.98 Å². The molecule has 1 fully saturated rings. The van der Waals surface area contributed by atoms with Gasteiger partial charge in [0.2, 0.25) is 0 Å². The number of benzene rings is 2. The third-order valence-electron chi connectivity index (χ3n) is 5.22. The van der Waals surface area contributed by atoms with Crippen molar-refractivity contribution >= 4 is 58.0 Å². The third-order valence-corrected chi connectivity index (χ3v) is 6.95. The summed E-state index contributed by atoms with van der Waals surface area (Å²) in [5.74, 6) is 0.742. The summed E-state index contributed by atoms with van der Waals surface area (Å²) in [6, 6.07) is 21.3. The molecule has 2 aromatic heterocycles. The summed E-state index contributed by atoms with van der Waals surface area (Å²) < 4.78 is 6.27. The SMILES string of the molecule is Oc1ccc(Cl)cc1N1C(=S)N[C@H](c2ccccn2)[C@@H]1c1ccc(Sc2ccc(Cl)cc2)o1. The zero-order valence-corrected chi connectivity index (χ0v) is 20.1. The molecule has 5 nitrogen and oxygen atoms in total. The van der Waals surface area contributed by atoms with Crippen molar-refractivity contribution < 1.29 is 9.52 Å². The Labute approximate surface area is 210 Å². The van der Waals surface area contributed by atoms with E-state index in [0.29, 0.717) is 26.6 Å². The number of furan rings is 1. The minimum Gasteiger partial charge on any atom is -0.506 e. The van der Waals surface area contributed by atoms with Crippen molar-refractivity contribution in [3.05, 3.63) is 100 Å². The Bertz CT molecular complexity index is 1300. The van der Waals surface area contributed by atoms with Gasteiger partial charge < -0.3 is 19.7 Å². The van der Waals surface area contributed by atoms with E-state index < -0.39 is 6.04 Å². The summed E-state index contributed by atoms with van der Waals surface area (Å²) in [6.07, 6.45) is 1.74. The number of phenols is 1. The van der Waals surface area contributed by atoms with E-state index in [1.54, 1.807) is 24.4 Å². The molecule has 1 saturated heterocycles. The Kier molecular flexibility index (Phi) is 6.21. The number of aromatic hydroxyl groups is 1. The van der Waals surface area contributed by atoms with Crippen molar-refractivity contribution in [2.75, 3.05) is 4.90 Å². The van der Waals surface area contributed by atoms with Gasteiger partial charge in [-0.15, -0.1) is 0 Å². The topological polar surface area (TPSA) is 61.5 Å². The number of nitrogens with zero attached hydrogens (tertiary/aromatic N) is 2. The largest absolute Gasteiger partial charge is 0.506 e. The number of anilines is 1. The summed E-state index contributed by atoms with van der Waals surface area (Å²) in [5.41, 5.74) is 1.30. The Morgan fingerprint density at radius 3 is 2.55 bits per heavy atom. The molecule has 33 heavy (non-hydrogen) atoms. The number of aromatic nitrogens is 1. The second kappa shape index (κ2) is 9.27. The highest BCUT2D eigenvalue weighted by Crippen LogP contribution is 2.46. The highest BCUT2D eigenvalue weighted by Gasteiger charge is 2.43. The van der Waals surface area contributed by atoms with Crippen LogP contribution in [0.2, 0.25) is 10.0 Å². The van der Waals surface area contributed by atoms with Gasteiger partial charge in [-0.2, -0.15) is 0 Å². The summed E-state index contributed by atoms with van der Waals surface area (Å²) in [6.45, 7) is 0. The van der Waals surface area contributed by atoms with Crippen LogP contribution in [0.5, 0.6) is 5.75 Å². The van der Waals surface area contributed by atoms with Crippen LogP contribution in [0, 0.1) is 0 Å². The van der Waals surface area contributed by atoms with Crippen molar-refractivity contribution in [3.8, 4) is 5.75 Å². The number of halogens is 2. The average Bonchev–Trinajstić information content (AvgIpc) is 3.41. The number of hydrogen-bond donors (Lipinski definition) is 2. The van der Waals surface area contributed by atoms with E-state index in [2.05, 4.69) is 10.3 Å². The second-order valence-electron chi connectivity index (χ2n) is 7.34. The van der Waals surface area contributed by atoms with Crippen molar-refractivity contribution in [3.63, 3.8) is 0 Å². The normalized spacial score (nSPS) is 17.9. The zero-order chi connectivity index (χ0) is 22.9. The lowest BCUT2D eigenvalue weighted by molar-refractivity contribution is 0.382.